The molecule has 0 saturated carbocycles. The van der Waals surface area contributed by atoms with Crippen LogP contribution in [0, 0.1) is 0 Å². The van der Waals surface area contributed by atoms with E-state index in [9.17, 15) is 18.0 Å². The molecule has 0 radical (unpaired) electrons. The van der Waals surface area contributed by atoms with Crippen molar-refractivity contribution in [3.63, 3.8) is 0 Å². The summed E-state index contributed by atoms with van der Waals surface area (Å²) in [6.07, 6.45) is 0. The van der Waals surface area contributed by atoms with Gasteiger partial charge in [0.25, 0.3) is 16.0 Å². The highest BCUT2D eigenvalue weighted by molar-refractivity contribution is 7.85. The molecule has 10 heteroatoms. The molecular formula is C5H9Cl2N2O5S-. The van der Waals surface area contributed by atoms with E-state index in [1.807, 2.05) is 5.32 Å². The Kier molecular flexibility index (Phi) is 5.76. The number of quaternary nitrogens is 1. The molecule has 0 spiro atoms. The van der Waals surface area contributed by atoms with Crippen molar-refractivity contribution in [2.45, 2.75) is 12.5 Å². The number of hydrogen-bond acceptors (Lipinski definition) is 4. The maximum atomic E-state index is 11.0. The van der Waals surface area contributed by atoms with E-state index in [2.05, 4.69) is 0 Å². The minimum absolute atomic E-state index is 0. The van der Waals surface area contributed by atoms with E-state index in [4.69, 9.17) is 4.55 Å². The molecule has 0 bridgehead atoms. The minimum Gasteiger partial charge on any atom is -1.00 e. The molecule has 1 aliphatic rings. The van der Waals surface area contributed by atoms with Crippen molar-refractivity contribution in [2.75, 3.05) is 5.75 Å². The molecule has 1 heterocycles. The van der Waals surface area contributed by atoms with Crippen LogP contribution in [0.5, 0.6) is 0 Å². The highest BCUT2D eigenvalue weighted by Crippen LogP contribution is 2.04. The van der Waals surface area contributed by atoms with Gasteiger partial charge in [0.15, 0.2) is 5.54 Å². The Labute approximate surface area is 98.6 Å². The average Bonchev–Trinajstić information content (AvgIpc) is 2.00. The predicted molar refractivity (Wildman–Crippen MR) is 40.3 cm³/mol. The van der Waals surface area contributed by atoms with E-state index in [0.29, 0.717) is 0 Å². The fourth-order valence-corrected chi connectivity index (χ4v) is 2.10. The van der Waals surface area contributed by atoms with Gasteiger partial charge in [-0.15, -0.1) is 0 Å². The summed E-state index contributed by atoms with van der Waals surface area (Å²) in [7, 11) is -4.27. The van der Waals surface area contributed by atoms with E-state index < -0.39 is 33.3 Å². The van der Waals surface area contributed by atoms with Crippen molar-refractivity contribution in [1.82, 2.24) is 5.32 Å². The van der Waals surface area contributed by atoms with E-state index in [1.54, 1.807) is 0 Å². The van der Waals surface area contributed by atoms with Crippen LogP contribution in [0.2, 0.25) is 0 Å². The summed E-state index contributed by atoms with van der Waals surface area (Å²) >= 11 is 0. The van der Waals surface area contributed by atoms with Gasteiger partial charge in [0, 0.05) is 6.92 Å². The fraction of sp³-hybridized carbons (Fsp3) is 0.600. The normalized spacial score (nSPS) is 25.2. The number of halogens is 2. The molecule has 3 amide bonds. The molecule has 4 N–H and O–H groups in total. The lowest BCUT2D eigenvalue weighted by Gasteiger charge is -2.12. The first-order valence-electron chi connectivity index (χ1n) is 3.39. The molecule has 0 aromatic carbocycles. The first-order valence-corrected chi connectivity index (χ1v) is 5.00. The van der Waals surface area contributed by atoms with Gasteiger partial charge in [-0.2, -0.15) is 8.42 Å². The number of hydrogen-bond donors (Lipinski definition) is 3. The number of imide groups is 1. The van der Waals surface area contributed by atoms with E-state index in [0.717, 1.165) is 5.32 Å². The van der Waals surface area contributed by atoms with Crippen LogP contribution in [0.25, 0.3) is 0 Å². The zero-order chi connectivity index (χ0) is 10.3. The van der Waals surface area contributed by atoms with Crippen molar-refractivity contribution in [3.05, 3.63) is 0 Å². The maximum absolute atomic E-state index is 11.0. The quantitative estimate of drug-likeness (QED) is 0.343. The third-order valence-electron chi connectivity index (χ3n) is 1.69. The van der Waals surface area contributed by atoms with Crippen LogP contribution in [-0.4, -0.2) is 36.2 Å². The van der Waals surface area contributed by atoms with Gasteiger partial charge >= 0.3 is 6.03 Å². The van der Waals surface area contributed by atoms with E-state index in [1.165, 1.54) is 6.92 Å². The Morgan fingerprint density at radius 1 is 1.40 bits per heavy atom. The lowest BCUT2D eigenvalue weighted by molar-refractivity contribution is -0.602. The molecule has 1 atom stereocenters. The van der Waals surface area contributed by atoms with Crippen LogP contribution in [0.4, 0.5) is 4.79 Å². The van der Waals surface area contributed by atoms with E-state index >= 15 is 0 Å². The Bertz CT molecular complexity index is 370. The Morgan fingerprint density at radius 2 is 1.87 bits per heavy atom. The van der Waals surface area contributed by atoms with Crippen LogP contribution >= 0.6 is 0 Å². The van der Waals surface area contributed by atoms with Crippen LogP contribution in [-0.2, 0) is 14.9 Å². The smallest absolute Gasteiger partial charge is 0.420 e. The third-order valence-corrected chi connectivity index (χ3v) is 2.65. The molecule has 7 nitrogen and oxygen atoms in total. The van der Waals surface area contributed by atoms with Gasteiger partial charge in [-0.05, 0) is 0 Å². The third kappa shape index (κ3) is 4.31. The summed E-state index contributed by atoms with van der Waals surface area (Å²) in [5.74, 6) is -1.49. The first kappa shape index (κ1) is 17.0. The number of amides is 3. The SMILES string of the molecule is CC1(CS(=O)(=O)O)[NH2+]C(=O)NC1=O.[Cl-].[Cl-]. The highest BCUT2D eigenvalue weighted by Gasteiger charge is 2.50. The van der Waals surface area contributed by atoms with Gasteiger partial charge in [-0.3, -0.25) is 9.35 Å². The number of carbonyl (C=O) groups excluding carboxylic acids is 2. The van der Waals surface area contributed by atoms with Gasteiger partial charge in [-0.25, -0.2) is 15.4 Å². The number of carbonyl (C=O) groups is 2. The van der Waals surface area contributed by atoms with Crippen molar-refractivity contribution in [1.29, 1.82) is 0 Å². The van der Waals surface area contributed by atoms with Crippen molar-refractivity contribution in [3.8, 4) is 0 Å². The second kappa shape index (κ2) is 5.08. The summed E-state index contributed by atoms with van der Waals surface area (Å²) in [6, 6.07) is -0.642. The Hall–Kier alpha value is -0.410. The summed E-state index contributed by atoms with van der Waals surface area (Å²) in [5.41, 5.74) is -1.45. The molecule has 1 fully saturated rings. The number of rotatable bonds is 2. The second-order valence-corrected chi connectivity index (χ2v) is 4.56. The zero-order valence-electron chi connectivity index (χ0n) is 7.53. The number of primary amides is 1. The number of nitrogens with one attached hydrogen (secondary N) is 1. The average molecular weight is 280 g/mol. The van der Waals surface area contributed by atoms with Crippen LogP contribution < -0.4 is 35.4 Å². The minimum atomic E-state index is -4.27. The summed E-state index contributed by atoms with van der Waals surface area (Å²) in [4.78, 5) is 21.7. The van der Waals surface area contributed by atoms with Crippen LogP contribution in [0.15, 0.2) is 0 Å². The van der Waals surface area contributed by atoms with Crippen molar-refractivity contribution < 1.29 is 52.7 Å². The summed E-state index contributed by atoms with van der Waals surface area (Å²) in [6.45, 7) is 1.26. The first-order chi connectivity index (χ1) is 5.73. The maximum Gasteiger partial charge on any atom is 0.420 e. The van der Waals surface area contributed by atoms with Gasteiger partial charge < -0.3 is 24.8 Å². The largest absolute Gasteiger partial charge is 1.00 e. The van der Waals surface area contributed by atoms with Crippen LogP contribution in [0.1, 0.15) is 6.92 Å². The molecule has 1 saturated heterocycles. The van der Waals surface area contributed by atoms with E-state index in [-0.39, 0.29) is 24.8 Å². The lowest BCUT2D eigenvalue weighted by atomic mass is 10.1. The molecule has 1 aliphatic heterocycles. The second-order valence-electron chi connectivity index (χ2n) is 3.11. The monoisotopic (exact) mass is 279 g/mol. The number of nitrogens with two attached hydrogens (primary N) is 1. The summed E-state index contributed by atoms with van der Waals surface area (Å²) in [5, 5.41) is 2.87. The predicted octanol–water partition coefficient (Wildman–Crippen LogP) is -8.55. The molecule has 1 rings (SSSR count). The Morgan fingerprint density at radius 3 is 2.13 bits per heavy atom. The summed E-state index contributed by atoms with van der Waals surface area (Å²) < 4.78 is 29.5. The highest BCUT2D eigenvalue weighted by atomic mass is 35.5. The van der Waals surface area contributed by atoms with Crippen molar-refractivity contribution in [2.24, 2.45) is 0 Å². The Balaban J connectivity index is 0. The molecule has 15 heavy (non-hydrogen) atoms. The molecule has 0 aromatic rings. The standard InChI is InChI=1S/C5H8N2O5S.2ClH/c1-5(2-13(10,11)12)3(8)6-4(9)7-5;;/h2H2,1H3,(H,10,11,12)(H2,6,7,8,9);2*1H/p-1. The van der Waals surface area contributed by atoms with Crippen LogP contribution in [0.3, 0.4) is 0 Å². The molecule has 0 aliphatic carbocycles. The van der Waals surface area contributed by atoms with Gasteiger partial charge in [0.05, 0.1) is 0 Å². The molecule has 90 valence electrons. The lowest BCUT2D eigenvalue weighted by Crippen LogP contribution is -3.00. The molecular weight excluding hydrogens is 271 g/mol. The zero-order valence-corrected chi connectivity index (χ0v) is 9.86. The van der Waals surface area contributed by atoms with Gasteiger partial charge in [0.2, 0.25) is 0 Å². The van der Waals surface area contributed by atoms with Crippen molar-refractivity contribution >= 4 is 22.1 Å². The molecule has 0 aromatic heterocycles. The fourth-order valence-electron chi connectivity index (χ4n) is 1.13. The van der Waals surface area contributed by atoms with Gasteiger partial charge in [-0.1, -0.05) is 0 Å². The van der Waals surface area contributed by atoms with Gasteiger partial charge in [0.1, 0.15) is 5.75 Å². The number of urea groups is 1. The topological polar surface area (TPSA) is 117 Å². The molecule has 1 unspecified atom stereocenters.